The Morgan fingerprint density at radius 2 is 1.79 bits per heavy atom. The maximum absolute atomic E-state index is 12.8. The molecule has 0 aliphatic rings. The molecule has 3 N–H and O–H groups in total. The minimum atomic E-state index is -0.680. The van der Waals surface area contributed by atoms with E-state index in [1.807, 2.05) is 0 Å². The van der Waals surface area contributed by atoms with E-state index in [9.17, 15) is 14.4 Å². The number of nitrogens with two attached hydrogens (primary N) is 1. The fourth-order valence-electron chi connectivity index (χ4n) is 3.06. The van der Waals surface area contributed by atoms with E-state index in [0.29, 0.717) is 16.5 Å². The Bertz CT molecular complexity index is 1460. The molecule has 172 valence electrons. The summed E-state index contributed by atoms with van der Waals surface area (Å²) in [5.41, 5.74) is 5.73. The summed E-state index contributed by atoms with van der Waals surface area (Å²) in [5, 5.41) is 3.58. The van der Waals surface area contributed by atoms with Gasteiger partial charge >= 0.3 is 11.4 Å². The number of pyridine rings is 1. The molecule has 2 aromatic carbocycles. The minimum Gasteiger partial charge on any atom is -0.439 e. The summed E-state index contributed by atoms with van der Waals surface area (Å²) >= 11 is 5.94. The second-order valence-corrected chi connectivity index (χ2v) is 7.71. The third-order valence-electron chi connectivity index (χ3n) is 4.87. The second-order valence-electron chi connectivity index (χ2n) is 7.27. The van der Waals surface area contributed by atoms with Crippen molar-refractivity contribution in [2.45, 2.75) is 6.54 Å². The molecular formula is C23H19ClN6O4. The smallest absolute Gasteiger partial charge is 0.354 e. The Balaban J connectivity index is 1.58. The van der Waals surface area contributed by atoms with Crippen LogP contribution in [-0.4, -0.2) is 25.0 Å². The number of primary amides is 1. The molecule has 0 bridgehead atoms. The largest absolute Gasteiger partial charge is 0.439 e. The van der Waals surface area contributed by atoms with Gasteiger partial charge in [0, 0.05) is 35.6 Å². The van der Waals surface area contributed by atoms with E-state index >= 15 is 0 Å². The number of aromatic nitrogens is 4. The fourth-order valence-corrected chi connectivity index (χ4v) is 3.19. The zero-order chi connectivity index (χ0) is 24.2. The Labute approximate surface area is 198 Å². The van der Waals surface area contributed by atoms with E-state index in [1.54, 1.807) is 48.5 Å². The molecular weight excluding hydrogens is 460 g/mol. The first kappa shape index (κ1) is 22.7. The maximum Gasteiger partial charge on any atom is 0.354 e. The lowest BCUT2D eigenvalue weighted by Gasteiger charge is -2.14. The van der Waals surface area contributed by atoms with E-state index in [2.05, 4.69) is 15.3 Å². The summed E-state index contributed by atoms with van der Waals surface area (Å²) in [5.74, 6) is 0.169. The highest BCUT2D eigenvalue weighted by atomic mass is 35.5. The first-order valence-electron chi connectivity index (χ1n) is 10.0. The highest BCUT2D eigenvalue weighted by molar-refractivity contribution is 6.30. The first-order chi connectivity index (χ1) is 16.3. The zero-order valence-electron chi connectivity index (χ0n) is 17.9. The van der Waals surface area contributed by atoms with Gasteiger partial charge in [0.25, 0.3) is 0 Å². The van der Waals surface area contributed by atoms with Crippen molar-refractivity contribution < 1.29 is 9.53 Å². The zero-order valence-corrected chi connectivity index (χ0v) is 18.7. The fraction of sp³-hybridized carbons (Fsp3) is 0.0870. The molecule has 1 amide bonds. The van der Waals surface area contributed by atoms with E-state index in [4.69, 9.17) is 22.1 Å². The first-order valence-corrected chi connectivity index (χ1v) is 10.4. The summed E-state index contributed by atoms with van der Waals surface area (Å²) < 4.78 is 7.95. The van der Waals surface area contributed by atoms with Crippen molar-refractivity contribution in [2.24, 2.45) is 12.8 Å². The van der Waals surface area contributed by atoms with Crippen molar-refractivity contribution in [3.8, 4) is 11.6 Å². The summed E-state index contributed by atoms with van der Waals surface area (Å²) in [6.45, 7) is 0.183. The van der Waals surface area contributed by atoms with Gasteiger partial charge in [0.15, 0.2) is 0 Å². The number of nitrogens with one attached hydrogen (secondary N) is 1. The van der Waals surface area contributed by atoms with Crippen LogP contribution in [0, 0.1) is 0 Å². The van der Waals surface area contributed by atoms with Crippen molar-refractivity contribution in [1.29, 1.82) is 0 Å². The molecule has 0 saturated heterocycles. The average Bonchev–Trinajstić information content (AvgIpc) is 2.83. The van der Waals surface area contributed by atoms with Crippen molar-refractivity contribution in [2.75, 3.05) is 5.32 Å². The molecule has 0 aliphatic heterocycles. The molecule has 2 aromatic heterocycles. The monoisotopic (exact) mass is 478 g/mol. The summed E-state index contributed by atoms with van der Waals surface area (Å²) in [7, 11) is 1.37. The third-order valence-corrected chi connectivity index (χ3v) is 5.12. The van der Waals surface area contributed by atoms with E-state index in [-0.39, 0.29) is 23.9 Å². The van der Waals surface area contributed by atoms with Crippen LogP contribution >= 0.6 is 11.6 Å². The highest BCUT2D eigenvalue weighted by Gasteiger charge is 2.12. The topological polar surface area (TPSA) is 134 Å². The molecule has 2 heterocycles. The van der Waals surface area contributed by atoms with E-state index in [1.165, 1.54) is 29.9 Å². The molecule has 34 heavy (non-hydrogen) atoms. The lowest BCUT2D eigenvalue weighted by atomic mass is 10.2. The number of ether oxygens (including phenoxy) is 1. The van der Waals surface area contributed by atoms with Gasteiger partial charge in [-0.1, -0.05) is 23.7 Å². The number of hydrogen-bond acceptors (Lipinski definition) is 7. The van der Waals surface area contributed by atoms with Gasteiger partial charge in [-0.05, 0) is 48.0 Å². The van der Waals surface area contributed by atoms with Gasteiger partial charge in [-0.3, -0.25) is 9.36 Å². The second kappa shape index (κ2) is 9.59. The molecule has 4 aromatic rings. The number of carbonyl (C=O) groups excluding carboxylic acids is 1. The Kier molecular flexibility index (Phi) is 6.42. The van der Waals surface area contributed by atoms with Crippen molar-refractivity contribution >= 4 is 29.1 Å². The lowest BCUT2D eigenvalue weighted by molar-refractivity contribution is 0.1000. The van der Waals surface area contributed by atoms with Crippen LogP contribution in [0.5, 0.6) is 11.6 Å². The molecule has 0 aliphatic carbocycles. The molecule has 0 radical (unpaired) electrons. The van der Waals surface area contributed by atoms with E-state index in [0.717, 1.165) is 10.1 Å². The maximum atomic E-state index is 12.8. The van der Waals surface area contributed by atoms with Gasteiger partial charge in [0.05, 0.1) is 6.54 Å². The number of halogens is 1. The average molecular weight is 479 g/mol. The van der Waals surface area contributed by atoms with Crippen LogP contribution in [0.4, 0.5) is 11.6 Å². The molecule has 10 nitrogen and oxygen atoms in total. The summed E-state index contributed by atoms with van der Waals surface area (Å²) in [4.78, 5) is 44.3. The van der Waals surface area contributed by atoms with Gasteiger partial charge in [0.2, 0.25) is 17.7 Å². The summed E-state index contributed by atoms with van der Waals surface area (Å²) in [6.07, 6.45) is 1.42. The normalized spacial score (nSPS) is 10.6. The number of anilines is 2. The van der Waals surface area contributed by atoms with Gasteiger partial charge in [0.1, 0.15) is 5.75 Å². The number of hydrogen-bond donors (Lipinski definition) is 2. The number of carbonyl (C=O) groups is 1. The van der Waals surface area contributed by atoms with Crippen molar-refractivity contribution in [3.05, 3.63) is 104 Å². The molecule has 0 unspecified atom stereocenters. The van der Waals surface area contributed by atoms with Crippen molar-refractivity contribution in [1.82, 2.24) is 19.1 Å². The lowest BCUT2D eigenvalue weighted by Crippen LogP contribution is -2.41. The molecule has 0 spiro atoms. The van der Waals surface area contributed by atoms with Crippen LogP contribution in [0.15, 0.2) is 76.4 Å². The molecule has 4 rings (SSSR count). The van der Waals surface area contributed by atoms with Crippen LogP contribution in [0.2, 0.25) is 5.02 Å². The predicted molar refractivity (Wildman–Crippen MR) is 127 cm³/mol. The SMILES string of the molecule is Cn1c(=O)nc(Nc2ccc(Oc3cc(C(N)=O)ccn3)cc2)n(Cc2ccc(Cl)cc2)c1=O. The number of benzene rings is 2. The Morgan fingerprint density at radius 1 is 1.09 bits per heavy atom. The molecule has 11 heteroatoms. The molecule has 0 fully saturated rings. The van der Waals surface area contributed by atoms with Gasteiger partial charge in [-0.15, -0.1) is 0 Å². The quantitative estimate of drug-likeness (QED) is 0.417. The molecule has 0 atom stereocenters. The van der Waals surface area contributed by atoms with Crippen LogP contribution in [0.3, 0.4) is 0 Å². The van der Waals surface area contributed by atoms with Gasteiger partial charge < -0.3 is 15.8 Å². The van der Waals surface area contributed by atoms with Crippen LogP contribution in [0.25, 0.3) is 0 Å². The number of rotatable bonds is 7. The van der Waals surface area contributed by atoms with Crippen LogP contribution < -0.4 is 27.2 Å². The van der Waals surface area contributed by atoms with Crippen molar-refractivity contribution in [3.63, 3.8) is 0 Å². The third kappa shape index (κ3) is 5.13. The molecule has 0 saturated carbocycles. The minimum absolute atomic E-state index is 0.0903. The van der Waals surface area contributed by atoms with Crippen LogP contribution in [0.1, 0.15) is 15.9 Å². The Hall–Kier alpha value is -4.44. The van der Waals surface area contributed by atoms with E-state index < -0.39 is 17.3 Å². The summed E-state index contributed by atoms with van der Waals surface area (Å²) in [6, 6.07) is 16.6. The van der Waals surface area contributed by atoms with Gasteiger partial charge in [-0.2, -0.15) is 4.98 Å². The Morgan fingerprint density at radius 3 is 2.47 bits per heavy atom. The van der Waals surface area contributed by atoms with Crippen LogP contribution in [-0.2, 0) is 13.6 Å². The number of amides is 1. The highest BCUT2D eigenvalue weighted by Crippen LogP contribution is 2.23. The van der Waals surface area contributed by atoms with Gasteiger partial charge in [-0.25, -0.2) is 19.1 Å². The standard InChI is InChI=1S/C23H19ClN6O4/c1-29-22(32)28-21(30(23(29)33)13-14-2-4-16(24)5-3-14)27-17-6-8-18(9-7-17)34-19-12-15(20(25)31)10-11-26-19/h2-12H,13H2,1H3,(H2,25,31)(H,27,28,32). The predicted octanol–water partition coefficient (Wildman–Crippen LogP) is 2.67. The number of nitrogens with zero attached hydrogens (tertiary/aromatic N) is 4.